The number of aromatic nitrogens is 2. The van der Waals surface area contributed by atoms with Crippen molar-refractivity contribution in [2.45, 2.75) is 77.5 Å². The van der Waals surface area contributed by atoms with Crippen molar-refractivity contribution in [3.05, 3.63) is 32.6 Å². The molecule has 1 aliphatic heterocycles. The van der Waals surface area contributed by atoms with E-state index in [-0.39, 0.29) is 23.2 Å². The summed E-state index contributed by atoms with van der Waals surface area (Å²) < 4.78 is 12.8. The molecule has 0 aromatic carbocycles. The lowest BCUT2D eigenvalue weighted by Crippen LogP contribution is -2.46. The number of nitrogens with one attached hydrogen (secondary N) is 2. The Hall–Kier alpha value is -1.18. The highest BCUT2D eigenvalue weighted by molar-refractivity contribution is 6.74. The van der Waals surface area contributed by atoms with E-state index in [1.807, 2.05) is 0 Å². The molecule has 1 aromatic heterocycles. The Kier molecular flexibility index (Phi) is 5.27. The van der Waals surface area contributed by atoms with E-state index in [0.29, 0.717) is 5.56 Å². The summed E-state index contributed by atoms with van der Waals surface area (Å²) in [5.41, 5.74) is -0.485. The summed E-state index contributed by atoms with van der Waals surface area (Å²) in [5, 5.41) is 0.0684. The Balaban J connectivity index is 2.41. The van der Waals surface area contributed by atoms with Crippen LogP contribution in [0, 0.1) is 5.92 Å². The first-order valence-electron chi connectivity index (χ1n) is 8.63. The molecule has 24 heavy (non-hydrogen) atoms. The van der Waals surface area contributed by atoms with Crippen LogP contribution in [0.2, 0.25) is 18.1 Å². The topological polar surface area (TPSA) is 84.2 Å². The maximum Gasteiger partial charge on any atom is 0.325 e. The highest BCUT2D eigenvalue weighted by atomic mass is 28.4. The molecule has 1 unspecified atom stereocenters. The van der Waals surface area contributed by atoms with Crippen LogP contribution in [0.4, 0.5) is 0 Å². The maximum atomic E-state index is 12.2. The van der Waals surface area contributed by atoms with Crippen molar-refractivity contribution < 1.29 is 9.16 Å². The van der Waals surface area contributed by atoms with Gasteiger partial charge in [0.05, 0.1) is 17.8 Å². The van der Waals surface area contributed by atoms with Gasteiger partial charge >= 0.3 is 5.69 Å². The Morgan fingerprint density at radius 2 is 1.92 bits per heavy atom. The molecule has 1 aromatic rings. The molecule has 2 rings (SSSR count). The van der Waals surface area contributed by atoms with E-state index < -0.39 is 25.7 Å². The van der Waals surface area contributed by atoms with Gasteiger partial charge in [-0.2, -0.15) is 0 Å². The Bertz CT molecular complexity index is 689. The van der Waals surface area contributed by atoms with E-state index >= 15 is 0 Å². The van der Waals surface area contributed by atoms with Crippen molar-refractivity contribution >= 4 is 8.32 Å². The van der Waals surface area contributed by atoms with Gasteiger partial charge in [-0.3, -0.25) is 9.78 Å². The fourth-order valence-electron chi connectivity index (χ4n) is 2.91. The molecule has 0 radical (unpaired) electrons. The lowest BCUT2D eigenvalue weighted by atomic mass is 9.95. The highest BCUT2D eigenvalue weighted by Crippen LogP contribution is 2.45. The summed E-state index contributed by atoms with van der Waals surface area (Å²) in [6.45, 7) is 15.2. The lowest BCUT2D eigenvalue weighted by Gasteiger charge is -2.40. The van der Waals surface area contributed by atoms with Crippen molar-refractivity contribution in [2.24, 2.45) is 5.92 Å². The Morgan fingerprint density at radius 1 is 1.29 bits per heavy atom. The van der Waals surface area contributed by atoms with Crippen molar-refractivity contribution in [3.63, 3.8) is 0 Å². The second-order valence-electron chi connectivity index (χ2n) is 8.23. The minimum Gasteiger partial charge on any atom is -0.411 e. The number of aromatic amines is 2. The van der Waals surface area contributed by atoms with Gasteiger partial charge in [0.2, 0.25) is 0 Å². The van der Waals surface area contributed by atoms with E-state index in [2.05, 4.69) is 57.7 Å². The van der Waals surface area contributed by atoms with Crippen LogP contribution in [0.1, 0.15) is 52.7 Å². The van der Waals surface area contributed by atoms with Crippen LogP contribution >= 0.6 is 0 Å². The maximum absolute atomic E-state index is 12.2. The Labute approximate surface area is 144 Å². The molecule has 1 saturated heterocycles. The first-order valence-corrected chi connectivity index (χ1v) is 11.5. The summed E-state index contributed by atoms with van der Waals surface area (Å²) >= 11 is 0. The minimum atomic E-state index is -2.02. The number of ether oxygens (including phenoxy) is 1. The molecule has 0 aliphatic carbocycles. The van der Waals surface area contributed by atoms with E-state index in [1.54, 1.807) is 0 Å². The molecule has 1 aliphatic rings. The van der Waals surface area contributed by atoms with Crippen LogP contribution in [0.25, 0.3) is 0 Å². The second-order valence-corrected chi connectivity index (χ2v) is 13.0. The summed E-state index contributed by atoms with van der Waals surface area (Å²) in [4.78, 5) is 28.4. The van der Waals surface area contributed by atoms with Crippen molar-refractivity contribution in [1.29, 1.82) is 0 Å². The molecule has 1 fully saturated rings. The van der Waals surface area contributed by atoms with Gasteiger partial charge < -0.3 is 14.1 Å². The predicted molar refractivity (Wildman–Crippen MR) is 96.8 cm³/mol. The quantitative estimate of drug-likeness (QED) is 0.814. The molecular formula is C17H30N2O4Si. The third-order valence-corrected chi connectivity index (χ3v) is 9.99. The van der Waals surface area contributed by atoms with Crippen LogP contribution in [0.3, 0.4) is 0 Å². The van der Waals surface area contributed by atoms with Gasteiger partial charge in [-0.1, -0.05) is 34.6 Å². The fourth-order valence-corrected chi connectivity index (χ4v) is 4.29. The highest BCUT2D eigenvalue weighted by Gasteiger charge is 2.48. The predicted octanol–water partition coefficient (Wildman–Crippen LogP) is 2.94. The summed E-state index contributed by atoms with van der Waals surface area (Å²) in [5.74, 6) is 0.181. The van der Waals surface area contributed by atoms with Gasteiger partial charge in [0.25, 0.3) is 5.56 Å². The summed E-state index contributed by atoms with van der Waals surface area (Å²) in [6.07, 6.45) is 1.70. The van der Waals surface area contributed by atoms with Gasteiger partial charge in [0.1, 0.15) is 6.10 Å². The first kappa shape index (κ1) is 19.1. The van der Waals surface area contributed by atoms with Gasteiger partial charge in [0.15, 0.2) is 8.32 Å². The van der Waals surface area contributed by atoms with Crippen molar-refractivity contribution in [2.75, 3.05) is 0 Å². The van der Waals surface area contributed by atoms with E-state index in [9.17, 15) is 9.59 Å². The van der Waals surface area contributed by atoms with Crippen molar-refractivity contribution in [1.82, 2.24) is 9.97 Å². The molecule has 0 amide bonds. The SMILES string of the molecule is CC[C@H]1O[C@@H](c2c[nH]c(=O)[nH]c2=O)C(O[Si](C)(C)C(C)(C)C)[C@H]1C. The number of hydrogen-bond acceptors (Lipinski definition) is 4. The minimum absolute atomic E-state index is 0.0381. The molecule has 0 spiro atoms. The third kappa shape index (κ3) is 3.58. The fraction of sp³-hybridized carbons (Fsp3) is 0.765. The molecule has 4 atom stereocenters. The number of hydrogen-bond donors (Lipinski definition) is 2. The standard InChI is InChI=1S/C17H30N2O4Si/c1-8-12-10(2)13(23-24(6,7)17(3,4)5)14(22-12)11-9-18-16(21)19-15(11)20/h9-10,12-14H,8H2,1-7H3,(H2,18,19,20,21)/t10-,12+,13?,14-/m0/s1. The molecular weight excluding hydrogens is 324 g/mol. The average Bonchev–Trinajstić information content (AvgIpc) is 2.74. The van der Waals surface area contributed by atoms with Gasteiger partial charge in [-0.25, -0.2) is 4.79 Å². The molecule has 0 saturated carbocycles. The zero-order chi connectivity index (χ0) is 18.3. The van der Waals surface area contributed by atoms with Gasteiger partial charge in [-0.15, -0.1) is 0 Å². The molecule has 2 heterocycles. The van der Waals surface area contributed by atoms with Gasteiger partial charge in [-0.05, 0) is 24.6 Å². The first-order chi connectivity index (χ1) is 11.0. The zero-order valence-electron chi connectivity index (χ0n) is 15.7. The molecule has 136 valence electrons. The van der Waals surface area contributed by atoms with Crippen LogP contribution < -0.4 is 11.2 Å². The molecule has 7 heteroatoms. The van der Waals surface area contributed by atoms with Gasteiger partial charge in [0, 0.05) is 12.1 Å². The zero-order valence-corrected chi connectivity index (χ0v) is 16.7. The van der Waals surface area contributed by atoms with E-state index in [0.717, 1.165) is 6.42 Å². The largest absolute Gasteiger partial charge is 0.411 e. The number of H-pyrrole nitrogens is 2. The van der Waals surface area contributed by atoms with Crippen LogP contribution in [-0.2, 0) is 9.16 Å². The smallest absolute Gasteiger partial charge is 0.325 e. The summed E-state index contributed by atoms with van der Waals surface area (Å²) in [7, 11) is -2.02. The van der Waals surface area contributed by atoms with E-state index in [1.165, 1.54) is 6.20 Å². The molecule has 2 N–H and O–H groups in total. The van der Waals surface area contributed by atoms with Crippen LogP contribution in [-0.4, -0.2) is 30.5 Å². The second kappa shape index (κ2) is 6.61. The van der Waals surface area contributed by atoms with Crippen LogP contribution in [0.15, 0.2) is 15.8 Å². The lowest BCUT2D eigenvalue weighted by molar-refractivity contribution is 0.00977. The normalized spacial score (nSPS) is 28.3. The molecule has 6 nitrogen and oxygen atoms in total. The summed E-state index contributed by atoms with van der Waals surface area (Å²) in [6, 6.07) is 0. The average molecular weight is 355 g/mol. The number of rotatable bonds is 4. The van der Waals surface area contributed by atoms with E-state index in [4.69, 9.17) is 9.16 Å². The molecule has 0 bridgehead atoms. The third-order valence-electron chi connectivity index (χ3n) is 5.52. The monoisotopic (exact) mass is 354 g/mol. The van der Waals surface area contributed by atoms with Crippen molar-refractivity contribution in [3.8, 4) is 0 Å². The Morgan fingerprint density at radius 3 is 2.42 bits per heavy atom. The van der Waals surface area contributed by atoms with Crippen LogP contribution in [0.5, 0.6) is 0 Å².